The van der Waals surface area contributed by atoms with Crippen LogP contribution in [0.3, 0.4) is 0 Å². The highest BCUT2D eigenvalue weighted by Gasteiger charge is 2.21. The highest BCUT2D eigenvalue weighted by atomic mass is 35.5. The quantitative estimate of drug-likeness (QED) is 0.860. The molecule has 0 unspecified atom stereocenters. The van der Waals surface area contributed by atoms with Crippen LogP contribution in [0.2, 0.25) is 5.02 Å². The molecule has 0 bridgehead atoms. The van der Waals surface area contributed by atoms with Gasteiger partial charge in [-0.25, -0.2) is 4.39 Å². The molecule has 23 heavy (non-hydrogen) atoms. The summed E-state index contributed by atoms with van der Waals surface area (Å²) < 4.78 is 13.2. The molecule has 1 aliphatic heterocycles. The summed E-state index contributed by atoms with van der Waals surface area (Å²) in [7, 11) is 0. The monoisotopic (exact) mass is 332 g/mol. The number of halogens is 2. The zero-order chi connectivity index (χ0) is 16.2. The molecule has 1 amide bonds. The fourth-order valence-corrected chi connectivity index (χ4v) is 2.93. The maximum absolute atomic E-state index is 13.2. The van der Waals surface area contributed by atoms with Gasteiger partial charge in [0.25, 0.3) is 0 Å². The van der Waals surface area contributed by atoms with Crippen molar-refractivity contribution in [1.82, 2.24) is 4.90 Å². The number of rotatable bonds is 3. The molecular formula is C18H18ClFN2O. The van der Waals surface area contributed by atoms with Crippen LogP contribution in [0.1, 0.15) is 5.56 Å². The Labute approximate surface area is 140 Å². The van der Waals surface area contributed by atoms with Crippen molar-refractivity contribution in [2.45, 2.75) is 6.42 Å². The molecule has 0 atom stereocenters. The molecule has 1 fully saturated rings. The summed E-state index contributed by atoms with van der Waals surface area (Å²) in [5.74, 6) is -0.255. The van der Waals surface area contributed by atoms with Gasteiger partial charge in [0.1, 0.15) is 5.82 Å². The number of benzene rings is 2. The largest absolute Gasteiger partial charge is 0.368 e. The van der Waals surface area contributed by atoms with Gasteiger partial charge in [-0.15, -0.1) is 0 Å². The topological polar surface area (TPSA) is 23.6 Å². The molecule has 3 rings (SSSR count). The summed E-state index contributed by atoms with van der Waals surface area (Å²) in [6, 6.07) is 14.0. The Bertz CT molecular complexity index is 682. The van der Waals surface area contributed by atoms with Gasteiger partial charge in [0.15, 0.2) is 0 Å². The van der Waals surface area contributed by atoms with Crippen LogP contribution >= 0.6 is 11.6 Å². The Balaban J connectivity index is 1.56. The van der Waals surface area contributed by atoms with E-state index in [1.807, 2.05) is 29.2 Å². The van der Waals surface area contributed by atoms with E-state index in [2.05, 4.69) is 4.90 Å². The smallest absolute Gasteiger partial charge is 0.227 e. The van der Waals surface area contributed by atoms with Gasteiger partial charge in [0.05, 0.1) is 6.42 Å². The third-order valence-corrected chi connectivity index (χ3v) is 4.32. The zero-order valence-corrected chi connectivity index (χ0v) is 13.5. The van der Waals surface area contributed by atoms with Gasteiger partial charge in [0.2, 0.25) is 5.91 Å². The molecule has 120 valence electrons. The van der Waals surface area contributed by atoms with Gasteiger partial charge in [-0.05, 0) is 42.0 Å². The van der Waals surface area contributed by atoms with Crippen molar-refractivity contribution < 1.29 is 9.18 Å². The average molecular weight is 333 g/mol. The minimum absolute atomic E-state index is 0.0476. The maximum Gasteiger partial charge on any atom is 0.227 e. The molecule has 0 aliphatic carbocycles. The van der Waals surface area contributed by atoms with Crippen LogP contribution < -0.4 is 4.90 Å². The molecule has 1 aliphatic rings. The highest BCUT2D eigenvalue weighted by molar-refractivity contribution is 6.30. The Kier molecular flexibility index (Phi) is 4.82. The average Bonchev–Trinajstić information content (AvgIpc) is 2.56. The standard InChI is InChI=1S/C18H18ClFN2O/c19-15-4-6-17(7-5-15)21-8-10-22(11-9-21)18(23)13-14-2-1-3-16(20)12-14/h1-7,12H,8-11,13H2. The maximum atomic E-state index is 13.2. The minimum atomic E-state index is -0.303. The SMILES string of the molecule is O=C(Cc1cccc(F)c1)N1CCN(c2ccc(Cl)cc2)CC1. The number of piperazine rings is 1. The fourth-order valence-electron chi connectivity index (χ4n) is 2.80. The summed E-state index contributed by atoms with van der Waals surface area (Å²) in [5.41, 5.74) is 1.83. The third kappa shape index (κ3) is 4.02. The lowest BCUT2D eigenvalue weighted by Crippen LogP contribution is -2.49. The molecule has 3 nitrogen and oxygen atoms in total. The summed E-state index contributed by atoms with van der Waals surface area (Å²) in [4.78, 5) is 16.4. The van der Waals surface area contributed by atoms with E-state index in [-0.39, 0.29) is 18.1 Å². The van der Waals surface area contributed by atoms with Gasteiger partial charge in [0, 0.05) is 36.9 Å². The van der Waals surface area contributed by atoms with Gasteiger partial charge >= 0.3 is 0 Å². The fraction of sp³-hybridized carbons (Fsp3) is 0.278. The lowest BCUT2D eigenvalue weighted by molar-refractivity contribution is -0.130. The second-order valence-electron chi connectivity index (χ2n) is 5.65. The number of amides is 1. The lowest BCUT2D eigenvalue weighted by atomic mass is 10.1. The summed E-state index contributed by atoms with van der Waals surface area (Å²) >= 11 is 5.91. The van der Waals surface area contributed by atoms with E-state index in [0.29, 0.717) is 13.1 Å². The van der Waals surface area contributed by atoms with E-state index in [1.54, 1.807) is 12.1 Å². The number of nitrogens with zero attached hydrogens (tertiary/aromatic N) is 2. The first-order valence-corrected chi connectivity index (χ1v) is 8.02. The van der Waals surface area contributed by atoms with E-state index in [4.69, 9.17) is 11.6 Å². The predicted octanol–water partition coefficient (Wildman–Crippen LogP) is 3.37. The molecule has 0 spiro atoms. The van der Waals surface area contributed by atoms with Gasteiger partial charge in [-0.1, -0.05) is 23.7 Å². The van der Waals surface area contributed by atoms with Crippen molar-refractivity contribution in [3.63, 3.8) is 0 Å². The molecule has 1 heterocycles. The third-order valence-electron chi connectivity index (χ3n) is 4.07. The van der Waals surface area contributed by atoms with E-state index < -0.39 is 0 Å². The highest BCUT2D eigenvalue weighted by Crippen LogP contribution is 2.19. The van der Waals surface area contributed by atoms with Crippen molar-refractivity contribution >= 4 is 23.2 Å². The number of carbonyl (C=O) groups is 1. The van der Waals surface area contributed by atoms with Gasteiger partial charge in [-0.2, -0.15) is 0 Å². The predicted molar refractivity (Wildman–Crippen MR) is 90.3 cm³/mol. The first kappa shape index (κ1) is 15.8. The Morgan fingerprint density at radius 1 is 1.04 bits per heavy atom. The van der Waals surface area contributed by atoms with Gasteiger partial charge in [-0.3, -0.25) is 4.79 Å². The molecule has 1 saturated heterocycles. The molecule has 5 heteroatoms. The van der Waals surface area contributed by atoms with E-state index in [9.17, 15) is 9.18 Å². The molecule has 0 radical (unpaired) electrons. The molecule has 2 aromatic rings. The Morgan fingerprint density at radius 2 is 1.74 bits per heavy atom. The van der Waals surface area contributed by atoms with Crippen molar-refractivity contribution in [3.05, 3.63) is 64.9 Å². The van der Waals surface area contributed by atoms with Crippen LogP contribution in [0.4, 0.5) is 10.1 Å². The summed E-state index contributed by atoms with van der Waals surface area (Å²) in [5, 5.41) is 0.720. The summed E-state index contributed by atoms with van der Waals surface area (Å²) in [6.45, 7) is 2.93. The van der Waals surface area contributed by atoms with Crippen LogP contribution in [0.25, 0.3) is 0 Å². The van der Waals surface area contributed by atoms with Crippen LogP contribution in [0, 0.1) is 5.82 Å². The van der Waals surface area contributed by atoms with Crippen LogP contribution in [-0.4, -0.2) is 37.0 Å². The first-order valence-electron chi connectivity index (χ1n) is 7.64. The Hall–Kier alpha value is -2.07. The second-order valence-corrected chi connectivity index (χ2v) is 6.09. The first-order chi connectivity index (χ1) is 11.1. The molecular weight excluding hydrogens is 315 g/mol. The van der Waals surface area contributed by atoms with Crippen LogP contribution in [-0.2, 0) is 11.2 Å². The normalized spacial score (nSPS) is 14.9. The zero-order valence-electron chi connectivity index (χ0n) is 12.7. The number of anilines is 1. The number of hydrogen-bond donors (Lipinski definition) is 0. The molecule has 0 saturated carbocycles. The van der Waals surface area contributed by atoms with Crippen LogP contribution in [0.15, 0.2) is 48.5 Å². The van der Waals surface area contributed by atoms with Crippen molar-refractivity contribution in [3.8, 4) is 0 Å². The van der Waals surface area contributed by atoms with E-state index >= 15 is 0 Å². The Morgan fingerprint density at radius 3 is 2.39 bits per heavy atom. The van der Waals surface area contributed by atoms with Crippen LogP contribution in [0.5, 0.6) is 0 Å². The number of hydrogen-bond acceptors (Lipinski definition) is 2. The minimum Gasteiger partial charge on any atom is -0.368 e. The van der Waals surface area contributed by atoms with E-state index in [1.165, 1.54) is 12.1 Å². The second kappa shape index (κ2) is 7.01. The summed E-state index contributed by atoms with van der Waals surface area (Å²) in [6.07, 6.45) is 0.249. The molecule has 0 aromatic heterocycles. The molecule has 0 N–H and O–H groups in total. The number of carbonyl (C=O) groups excluding carboxylic acids is 1. The van der Waals surface area contributed by atoms with Crippen molar-refractivity contribution in [1.29, 1.82) is 0 Å². The van der Waals surface area contributed by atoms with Crippen molar-refractivity contribution in [2.75, 3.05) is 31.1 Å². The van der Waals surface area contributed by atoms with Crippen molar-refractivity contribution in [2.24, 2.45) is 0 Å². The molecule has 2 aromatic carbocycles. The van der Waals surface area contributed by atoms with E-state index in [0.717, 1.165) is 29.4 Å². The van der Waals surface area contributed by atoms with Gasteiger partial charge < -0.3 is 9.80 Å². The lowest BCUT2D eigenvalue weighted by Gasteiger charge is -2.36.